The molecular weight excluding hydrogens is 373 g/mol. The maximum atomic E-state index is 13.6. The molecule has 3 aromatic rings. The number of phenols is 1. The molecular formula is C21H24FN5O2. The van der Waals surface area contributed by atoms with E-state index in [1.165, 1.54) is 12.1 Å². The first kappa shape index (κ1) is 20.3. The molecule has 0 aliphatic carbocycles. The van der Waals surface area contributed by atoms with E-state index in [9.17, 15) is 14.3 Å². The van der Waals surface area contributed by atoms with Crippen LogP contribution in [0.4, 0.5) is 21.6 Å². The monoisotopic (exact) mass is 397 g/mol. The third kappa shape index (κ3) is 5.32. The van der Waals surface area contributed by atoms with Crippen molar-refractivity contribution in [2.45, 2.75) is 13.3 Å². The summed E-state index contributed by atoms with van der Waals surface area (Å²) >= 11 is 0. The van der Waals surface area contributed by atoms with Gasteiger partial charge in [-0.25, -0.2) is 4.39 Å². The van der Waals surface area contributed by atoms with E-state index in [0.717, 1.165) is 16.9 Å². The van der Waals surface area contributed by atoms with Crippen molar-refractivity contribution in [1.82, 2.24) is 15.1 Å². The Balaban J connectivity index is 1.67. The number of nitrogens with zero attached hydrogens (tertiary/aromatic N) is 2. The number of aromatic hydroxyl groups is 1. The molecule has 8 heteroatoms. The number of H-pyrrole nitrogens is 1. The summed E-state index contributed by atoms with van der Waals surface area (Å²) in [6, 6.07) is 11.5. The predicted molar refractivity (Wildman–Crippen MR) is 112 cm³/mol. The number of carbonyl (C=O) groups is 1. The highest BCUT2D eigenvalue weighted by Crippen LogP contribution is 2.27. The molecule has 0 radical (unpaired) electrons. The molecule has 152 valence electrons. The van der Waals surface area contributed by atoms with Crippen LogP contribution in [0.25, 0.3) is 11.3 Å². The summed E-state index contributed by atoms with van der Waals surface area (Å²) in [6.45, 7) is 2.62. The highest BCUT2D eigenvalue weighted by atomic mass is 19.1. The number of benzene rings is 2. The molecule has 0 aliphatic heterocycles. The van der Waals surface area contributed by atoms with Crippen LogP contribution < -0.4 is 10.6 Å². The van der Waals surface area contributed by atoms with Crippen LogP contribution >= 0.6 is 0 Å². The van der Waals surface area contributed by atoms with E-state index in [2.05, 4.69) is 20.8 Å². The Morgan fingerprint density at radius 3 is 2.69 bits per heavy atom. The molecule has 1 heterocycles. The van der Waals surface area contributed by atoms with Gasteiger partial charge < -0.3 is 20.6 Å². The van der Waals surface area contributed by atoms with Gasteiger partial charge in [-0.05, 0) is 63.0 Å². The zero-order valence-corrected chi connectivity index (χ0v) is 16.6. The van der Waals surface area contributed by atoms with Crippen LogP contribution in [0.2, 0.25) is 0 Å². The van der Waals surface area contributed by atoms with Gasteiger partial charge in [0.25, 0.3) is 0 Å². The van der Waals surface area contributed by atoms with E-state index in [0.29, 0.717) is 30.0 Å². The predicted octanol–water partition coefficient (Wildman–Crippen LogP) is 3.86. The normalized spacial score (nSPS) is 10.9. The summed E-state index contributed by atoms with van der Waals surface area (Å²) in [7, 11) is 3.85. The van der Waals surface area contributed by atoms with Gasteiger partial charge >= 0.3 is 0 Å². The van der Waals surface area contributed by atoms with E-state index < -0.39 is 11.6 Å². The Morgan fingerprint density at radius 2 is 2.00 bits per heavy atom. The third-order valence-corrected chi connectivity index (χ3v) is 4.40. The number of halogens is 1. The average Bonchev–Trinajstić information content (AvgIpc) is 3.13. The molecule has 7 nitrogen and oxygen atoms in total. The number of aromatic nitrogens is 2. The zero-order chi connectivity index (χ0) is 21.0. The molecule has 0 fully saturated rings. The first-order valence-corrected chi connectivity index (χ1v) is 9.18. The van der Waals surface area contributed by atoms with Crippen LogP contribution in [-0.2, 0) is 4.79 Å². The first-order chi connectivity index (χ1) is 13.8. The molecule has 0 saturated heterocycles. The average molecular weight is 397 g/mol. The zero-order valence-electron chi connectivity index (χ0n) is 16.6. The summed E-state index contributed by atoms with van der Waals surface area (Å²) in [5.74, 6) is -0.543. The summed E-state index contributed by atoms with van der Waals surface area (Å²) < 4.78 is 13.6. The maximum absolute atomic E-state index is 13.6. The molecule has 29 heavy (non-hydrogen) atoms. The summed E-state index contributed by atoms with van der Waals surface area (Å²) in [5, 5.41) is 22.5. The van der Waals surface area contributed by atoms with Gasteiger partial charge in [0.2, 0.25) is 5.91 Å². The quantitative estimate of drug-likeness (QED) is 0.486. The molecule has 0 spiro atoms. The SMILES string of the molecule is Cc1cc(NC(=O)CCN(C)C)ccc1Nc1cc(-c2ccc(O)c(F)c2)[nH]n1. The largest absolute Gasteiger partial charge is 0.505 e. The number of rotatable bonds is 7. The minimum Gasteiger partial charge on any atom is -0.505 e. The number of aromatic amines is 1. The van der Waals surface area contributed by atoms with Gasteiger partial charge in [0.1, 0.15) is 0 Å². The van der Waals surface area contributed by atoms with Gasteiger partial charge in [0.15, 0.2) is 17.4 Å². The van der Waals surface area contributed by atoms with Gasteiger partial charge in [-0.1, -0.05) is 0 Å². The van der Waals surface area contributed by atoms with Crippen molar-refractivity contribution in [2.24, 2.45) is 0 Å². The Kier molecular flexibility index (Phi) is 6.13. The number of nitrogens with one attached hydrogen (secondary N) is 3. The fourth-order valence-corrected chi connectivity index (χ4v) is 2.78. The fraction of sp³-hybridized carbons (Fsp3) is 0.238. The molecule has 3 rings (SSSR count). The second kappa shape index (κ2) is 8.74. The van der Waals surface area contributed by atoms with Crippen LogP contribution in [0.5, 0.6) is 5.75 Å². The van der Waals surface area contributed by atoms with Gasteiger partial charge in [-0.15, -0.1) is 0 Å². The second-order valence-electron chi connectivity index (χ2n) is 7.09. The molecule has 0 aliphatic rings. The minimum atomic E-state index is -0.689. The van der Waals surface area contributed by atoms with E-state index in [4.69, 9.17) is 0 Å². The van der Waals surface area contributed by atoms with Crippen molar-refractivity contribution in [1.29, 1.82) is 0 Å². The van der Waals surface area contributed by atoms with Crippen molar-refractivity contribution in [3.63, 3.8) is 0 Å². The number of anilines is 3. The van der Waals surface area contributed by atoms with E-state index in [-0.39, 0.29) is 5.91 Å². The van der Waals surface area contributed by atoms with Gasteiger partial charge in [-0.2, -0.15) is 5.10 Å². The molecule has 2 aromatic carbocycles. The highest BCUT2D eigenvalue weighted by molar-refractivity contribution is 5.91. The Morgan fingerprint density at radius 1 is 1.21 bits per heavy atom. The molecule has 0 atom stereocenters. The topological polar surface area (TPSA) is 93.3 Å². The Hall–Kier alpha value is -3.39. The molecule has 0 saturated carbocycles. The summed E-state index contributed by atoms with van der Waals surface area (Å²) in [5.41, 5.74) is 3.71. The van der Waals surface area contributed by atoms with Gasteiger partial charge in [0.05, 0.1) is 5.69 Å². The first-order valence-electron chi connectivity index (χ1n) is 9.18. The lowest BCUT2D eigenvalue weighted by Gasteiger charge is -2.12. The number of hydrogen-bond donors (Lipinski definition) is 4. The number of hydrogen-bond acceptors (Lipinski definition) is 5. The maximum Gasteiger partial charge on any atom is 0.225 e. The minimum absolute atomic E-state index is 0.0307. The third-order valence-electron chi connectivity index (χ3n) is 4.40. The smallest absolute Gasteiger partial charge is 0.225 e. The number of amides is 1. The van der Waals surface area contributed by atoms with Crippen LogP contribution in [0.3, 0.4) is 0 Å². The van der Waals surface area contributed by atoms with Crippen molar-refractivity contribution in [3.8, 4) is 17.0 Å². The van der Waals surface area contributed by atoms with Crippen molar-refractivity contribution in [3.05, 3.63) is 53.8 Å². The Labute approximate surface area is 168 Å². The lowest BCUT2D eigenvalue weighted by Crippen LogP contribution is -2.20. The summed E-state index contributed by atoms with van der Waals surface area (Å²) in [4.78, 5) is 13.9. The lowest BCUT2D eigenvalue weighted by molar-refractivity contribution is -0.116. The Bertz CT molecular complexity index is 1020. The van der Waals surface area contributed by atoms with E-state index in [1.54, 1.807) is 12.1 Å². The van der Waals surface area contributed by atoms with E-state index >= 15 is 0 Å². The molecule has 4 N–H and O–H groups in total. The van der Waals surface area contributed by atoms with E-state index in [1.807, 2.05) is 44.1 Å². The van der Waals surface area contributed by atoms with Crippen LogP contribution in [-0.4, -0.2) is 46.8 Å². The number of phenolic OH excluding ortho intramolecular Hbond substituents is 1. The van der Waals surface area contributed by atoms with Crippen LogP contribution in [0.1, 0.15) is 12.0 Å². The van der Waals surface area contributed by atoms with Gasteiger partial charge in [-0.3, -0.25) is 9.89 Å². The fourth-order valence-electron chi connectivity index (χ4n) is 2.78. The number of aryl methyl sites for hydroxylation is 1. The second-order valence-corrected chi connectivity index (χ2v) is 7.09. The van der Waals surface area contributed by atoms with Crippen molar-refractivity contribution >= 4 is 23.1 Å². The van der Waals surface area contributed by atoms with Crippen molar-refractivity contribution < 1.29 is 14.3 Å². The van der Waals surface area contributed by atoms with Crippen LogP contribution in [0, 0.1) is 12.7 Å². The standard InChI is InChI=1S/C21H24FN5O2/c1-13-10-15(23-21(29)8-9-27(2)3)5-6-17(13)24-20-12-18(25-26-20)14-4-7-19(28)16(22)11-14/h4-7,10-12,28H,8-9H2,1-3H3,(H,23,29)(H2,24,25,26). The molecule has 0 unspecified atom stereocenters. The van der Waals surface area contributed by atoms with Crippen molar-refractivity contribution in [2.75, 3.05) is 31.3 Å². The lowest BCUT2D eigenvalue weighted by atomic mass is 10.1. The molecule has 1 aromatic heterocycles. The molecule has 0 bridgehead atoms. The summed E-state index contributed by atoms with van der Waals surface area (Å²) in [6.07, 6.45) is 0.431. The number of carbonyl (C=O) groups excluding carboxylic acids is 1. The van der Waals surface area contributed by atoms with Crippen LogP contribution in [0.15, 0.2) is 42.5 Å². The highest BCUT2D eigenvalue weighted by Gasteiger charge is 2.09. The molecule has 1 amide bonds. The van der Waals surface area contributed by atoms with Gasteiger partial charge in [0, 0.05) is 36.0 Å².